The van der Waals surface area contributed by atoms with Crippen molar-refractivity contribution in [2.45, 2.75) is 18.6 Å². The van der Waals surface area contributed by atoms with Gasteiger partial charge in [0.15, 0.2) is 16.8 Å². The summed E-state index contributed by atoms with van der Waals surface area (Å²) >= 11 is 1.33. The summed E-state index contributed by atoms with van der Waals surface area (Å²) in [6.07, 6.45) is 0. The summed E-state index contributed by atoms with van der Waals surface area (Å²) in [5.74, 6) is 1.32. The monoisotopic (exact) mass is 462 g/mol. The summed E-state index contributed by atoms with van der Waals surface area (Å²) in [4.78, 5) is 12.7. The highest BCUT2D eigenvalue weighted by Crippen LogP contribution is 2.24. The molecule has 4 rings (SSSR count). The number of ketones is 1. The van der Waals surface area contributed by atoms with Gasteiger partial charge in [0.2, 0.25) is 0 Å². The molecule has 0 radical (unpaired) electrons. The fraction of sp³-hybridized carbons (Fsp3) is 0.160. The first kappa shape index (κ1) is 22.5. The molecule has 0 saturated carbocycles. The zero-order chi connectivity index (χ0) is 23.2. The molecular formula is C25H23FN4O2S. The fourth-order valence-corrected chi connectivity index (χ4v) is 4.07. The van der Waals surface area contributed by atoms with E-state index in [2.05, 4.69) is 15.5 Å². The molecule has 33 heavy (non-hydrogen) atoms. The summed E-state index contributed by atoms with van der Waals surface area (Å²) in [5, 5.41) is 12.6. The van der Waals surface area contributed by atoms with Gasteiger partial charge in [0, 0.05) is 16.9 Å². The molecule has 0 unspecified atom stereocenters. The molecule has 1 aromatic heterocycles. The Labute approximate surface area is 195 Å². The molecule has 4 aromatic rings. The average Bonchev–Trinajstić information content (AvgIpc) is 3.25. The van der Waals surface area contributed by atoms with Crippen LogP contribution < -0.4 is 10.1 Å². The quantitative estimate of drug-likeness (QED) is 0.269. The minimum Gasteiger partial charge on any atom is -0.497 e. The zero-order valence-corrected chi connectivity index (χ0v) is 19.1. The van der Waals surface area contributed by atoms with E-state index in [4.69, 9.17) is 4.74 Å². The number of aryl methyl sites for hydroxylation is 1. The number of hydrogen-bond donors (Lipinski definition) is 1. The number of nitrogens with one attached hydrogen (secondary N) is 1. The number of nitrogens with zero attached hydrogens (tertiary/aromatic N) is 3. The van der Waals surface area contributed by atoms with Crippen molar-refractivity contribution in [1.29, 1.82) is 0 Å². The average molecular weight is 463 g/mol. The number of ether oxygens (including phenoxy) is 1. The SMILES string of the molecule is COc1ccc(C(=O)CSc2nnc(CNc3ccc(F)cc3)n2-c2ccc(C)cc2)cc1. The molecule has 0 bridgehead atoms. The van der Waals surface area contributed by atoms with Crippen molar-refractivity contribution in [3.63, 3.8) is 0 Å². The highest BCUT2D eigenvalue weighted by atomic mass is 32.2. The summed E-state index contributed by atoms with van der Waals surface area (Å²) in [5.41, 5.74) is 3.43. The van der Waals surface area contributed by atoms with Crippen molar-refractivity contribution < 1.29 is 13.9 Å². The molecule has 0 aliphatic rings. The second-order valence-electron chi connectivity index (χ2n) is 7.37. The minimum absolute atomic E-state index is 0.00732. The summed E-state index contributed by atoms with van der Waals surface area (Å²) < 4.78 is 20.3. The maximum absolute atomic E-state index is 13.2. The third kappa shape index (κ3) is 5.59. The standard InChI is InChI=1S/C25H23FN4O2S/c1-17-3-11-21(12-4-17)30-24(15-27-20-9-7-19(26)8-10-20)28-29-25(30)33-16-23(31)18-5-13-22(32-2)14-6-18/h3-14,27H,15-16H2,1-2H3. The Bertz CT molecular complexity index is 1220. The minimum atomic E-state index is -0.288. The molecule has 168 valence electrons. The number of halogens is 1. The second kappa shape index (κ2) is 10.3. The lowest BCUT2D eigenvalue weighted by Crippen LogP contribution is -2.09. The molecule has 0 fully saturated rings. The summed E-state index contributed by atoms with van der Waals surface area (Å²) in [6, 6.07) is 21.2. The van der Waals surface area contributed by atoms with E-state index in [-0.39, 0.29) is 17.4 Å². The van der Waals surface area contributed by atoms with Crippen LogP contribution in [0.5, 0.6) is 5.75 Å². The highest BCUT2D eigenvalue weighted by molar-refractivity contribution is 7.99. The van der Waals surface area contributed by atoms with Crippen LogP contribution in [0.1, 0.15) is 21.7 Å². The normalized spacial score (nSPS) is 10.8. The van der Waals surface area contributed by atoms with E-state index in [1.165, 1.54) is 23.9 Å². The third-order valence-electron chi connectivity index (χ3n) is 5.03. The van der Waals surface area contributed by atoms with Gasteiger partial charge < -0.3 is 10.1 Å². The Morgan fingerprint density at radius 2 is 1.70 bits per heavy atom. The van der Waals surface area contributed by atoms with Crippen LogP contribution in [0.3, 0.4) is 0 Å². The first-order valence-electron chi connectivity index (χ1n) is 10.3. The predicted octanol–water partition coefficient (Wildman–Crippen LogP) is 5.31. The van der Waals surface area contributed by atoms with Crippen LogP contribution in [0.15, 0.2) is 78.0 Å². The Kier molecular flexibility index (Phi) is 7.04. The molecule has 3 aromatic carbocycles. The molecule has 1 heterocycles. The maximum atomic E-state index is 13.2. The molecule has 0 saturated heterocycles. The van der Waals surface area contributed by atoms with E-state index >= 15 is 0 Å². The second-order valence-corrected chi connectivity index (χ2v) is 8.31. The van der Waals surface area contributed by atoms with E-state index in [1.807, 2.05) is 35.8 Å². The molecule has 0 spiro atoms. The first-order valence-corrected chi connectivity index (χ1v) is 11.3. The van der Waals surface area contributed by atoms with Crippen molar-refractivity contribution in [3.05, 3.63) is 95.6 Å². The van der Waals surface area contributed by atoms with Crippen LogP contribution in [0.2, 0.25) is 0 Å². The number of anilines is 1. The van der Waals surface area contributed by atoms with Gasteiger partial charge in [-0.3, -0.25) is 9.36 Å². The number of Topliss-reactive ketones (excluding diaryl/α,β-unsaturated/α-hetero) is 1. The number of benzene rings is 3. The van der Waals surface area contributed by atoms with E-state index in [0.29, 0.717) is 28.8 Å². The Morgan fingerprint density at radius 3 is 2.36 bits per heavy atom. The van der Waals surface area contributed by atoms with Gasteiger partial charge in [-0.05, 0) is 67.6 Å². The molecule has 0 atom stereocenters. The van der Waals surface area contributed by atoms with Gasteiger partial charge in [0.25, 0.3) is 0 Å². The first-order chi connectivity index (χ1) is 16.0. The number of aromatic nitrogens is 3. The summed E-state index contributed by atoms with van der Waals surface area (Å²) in [6.45, 7) is 2.41. The maximum Gasteiger partial charge on any atom is 0.196 e. The van der Waals surface area contributed by atoms with E-state index in [0.717, 1.165) is 16.9 Å². The van der Waals surface area contributed by atoms with Crippen LogP contribution >= 0.6 is 11.8 Å². The Morgan fingerprint density at radius 1 is 1.00 bits per heavy atom. The molecular weight excluding hydrogens is 439 g/mol. The van der Waals surface area contributed by atoms with Gasteiger partial charge in [0.1, 0.15) is 11.6 Å². The molecule has 6 nitrogen and oxygen atoms in total. The molecule has 0 amide bonds. The smallest absolute Gasteiger partial charge is 0.196 e. The van der Waals surface area contributed by atoms with Gasteiger partial charge in [0.05, 0.1) is 19.4 Å². The van der Waals surface area contributed by atoms with Crippen LogP contribution in [0, 0.1) is 12.7 Å². The van der Waals surface area contributed by atoms with Crippen LogP contribution in [0.4, 0.5) is 10.1 Å². The molecule has 0 aliphatic carbocycles. The van der Waals surface area contributed by atoms with Gasteiger partial charge in [-0.15, -0.1) is 10.2 Å². The predicted molar refractivity (Wildman–Crippen MR) is 128 cm³/mol. The van der Waals surface area contributed by atoms with Crippen molar-refractivity contribution in [2.24, 2.45) is 0 Å². The number of methoxy groups -OCH3 is 1. The molecule has 0 aliphatic heterocycles. The van der Waals surface area contributed by atoms with Crippen molar-refractivity contribution in [1.82, 2.24) is 14.8 Å². The topological polar surface area (TPSA) is 69.0 Å². The van der Waals surface area contributed by atoms with Crippen LogP contribution in [0.25, 0.3) is 5.69 Å². The van der Waals surface area contributed by atoms with Crippen molar-refractivity contribution in [2.75, 3.05) is 18.2 Å². The van der Waals surface area contributed by atoms with E-state index in [1.54, 1.807) is 43.5 Å². The van der Waals surface area contributed by atoms with E-state index in [9.17, 15) is 9.18 Å². The van der Waals surface area contributed by atoms with Gasteiger partial charge in [-0.25, -0.2) is 4.39 Å². The molecule has 8 heteroatoms. The van der Waals surface area contributed by atoms with Gasteiger partial charge in [-0.2, -0.15) is 0 Å². The number of rotatable bonds is 9. The van der Waals surface area contributed by atoms with Crippen LogP contribution in [-0.4, -0.2) is 33.4 Å². The number of carbonyl (C=O) groups is 1. The lowest BCUT2D eigenvalue weighted by molar-refractivity contribution is 0.102. The largest absolute Gasteiger partial charge is 0.497 e. The van der Waals surface area contributed by atoms with Crippen molar-refractivity contribution in [3.8, 4) is 11.4 Å². The number of carbonyl (C=O) groups excluding carboxylic acids is 1. The highest BCUT2D eigenvalue weighted by Gasteiger charge is 2.17. The fourth-order valence-electron chi connectivity index (χ4n) is 3.20. The lowest BCUT2D eigenvalue weighted by Gasteiger charge is -2.12. The lowest BCUT2D eigenvalue weighted by atomic mass is 10.1. The zero-order valence-electron chi connectivity index (χ0n) is 18.3. The van der Waals surface area contributed by atoms with Gasteiger partial charge in [-0.1, -0.05) is 29.5 Å². The number of thioether (sulfide) groups is 1. The number of hydrogen-bond acceptors (Lipinski definition) is 6. The van der Waals surface area contributed by atoms with E-state index < -0.39 is 0 Å². The van der Waals surface area contributed by atoms with Crippen LogP contribution in [-0.2, 0) is 6.54 Å². The van der Waals surface area contributed by atoms with Crippen molar-refractivity contribution >= 4 is 23.2 Å². The molecule has 1 N–H and O–H groups in total. The third-order valence-corrected chi connectivity index (χ3v) is 5.96. The van der Waals surface area contributed by atoms with Gasteiger partial charge >= 0.3 is 0 Å². The Hall–Kier alpha value is -3.65. The summed E-state index contributed by atoms with van der Waals surface area (Å²) in [7, 11) is 1.59. The Balaban J connectivity index is 1.54.